The van der Waals surface area contributed by atoms with E-state index in [1.165, 1.54) is 0 Å². The molecule has 3 N–H and O–H groups in total. The molecule has 2 aromatic rings. The summed E-state index contributed by atoms with van der Waals surface area (Å²) in [5.41, 5.74) is 9.16. The highest BCUT2D eigenvalue weighted by Crippen LogP contribution is 2.21. The predicted molar refractivity (Wildman–Crippen MR) is 104 cm³/mol. The number of aryl methyl sites for hydroxylation is 1. The van der Waals surface area contributed by atoms with Crippen LogP contribution < -0.4 is 15.8 Å². The van der Waals surface area contributed by atoms with E-state index in [0.29, 0.717) is 32.3 Å². The molecule has 6 heteroatoms. The minimum atomic E-state index is 0.423. The molecule has 0 atom stereocenters. The standard InChI is InChI=1S/C20H28N4O2/c1-16-7-8-17(19(14-16)26-13-5-12-25-2)15-24-20(21)23-11-9-18-6-3-4-10-22-18/h3-4,6-8,10,14H,5,9,11-13,15H2,1-2H3,(H3,21,23,24). The van der Waals surface area contributed by atoms with Crippen LogP contribution in [-0.2, 0) is 17.7 Å². The molecule has 0 unspecified atom stereocenters. The molecule has 0 saturated heterocycles. The monoisotopic (exact) mass is 356 g/mol. The lowest BCUT2D eigenvalue weighted by Gasteiger charge is -2.12. The van der Waals surface area contributed by atoms with Crippen molar-refractivity contribution in [2.24, 2.45) is 10.7 Å². The number of hydrogen-bond donors (Lipinski definition) is 2. The number of ether oxygens (including phenoxy) is 2. The molecule has 140 valence electrons. The number of nitrogens with zero attached hydrogens (tertiary/aromatic N) is 2. The number of nitrogens with two attached hydrogens (primary N) is 1. The molecule has 26 heavy (non-hydrogen) atoms. The number of nitrogens with one attached hydrogen (secondary N) is 1. The van der Waals surface area contributed by atoms with E-state index < -0.39 is 0 Å². The Kier molecular flexibility index (Phi) is 8.42. The lowest BCUT2D eigenvalue weighted by atomic mass is 10.1. The summed E-state index contributed by atoms with van der Waals surface area (Å²) in [5, 5.41) is 3.12. The number of pyridine rings is 1. The van der Waals surface area contributed by atoms with Crippen LogP contribution in [0.5, 0.6) is 5.75 Å². The van der Waals surface area contributed by atoms with Crippen molar-refractivity contribution in [3.05, 3.63) is 59.4 Å². The van der Waals surface area contributed by atoms with E-state index in [4.69, 9.17) is 15.2 Å². The highest BCUT2D eigenvalue weighted by Gasteiger charge is 2.04. The van der Waals surface area contributed by atoms with E-state index in [9.17, 15) is 0 Å². The average molecular weight is 356 g/mol. The summed E-state index contributed by atoms with van der Waals surface area (Å²) in [4.78, 5) is 8.70. The molecule has 0 saturated carbocycles. The van der Waals surface area contributed by atoms with Gasteiger partial charge in [-0.15, -0.1) is 0 Å². The molecule has 2 rings (SSSR count). The number of guanidine groups is 1. The quantitative estimate of drug-likeness (QED) is 0.388. The summed E-state index contributed by atoms with van der Waals surface area (Å²) < 4.78 is 10.9. The predicted octanol–water partition coefficient (Wildman–Crippen LogP) is 2.45. The Balaban J connectivity index is 1.85. The highest BCUT2D eigenvalue weighted by molar-refractivity contribution is 5.77. The van der Waals surface area contributed by atoms with E-state index >= 15 is 0 Å². The third-order valence-corrected chi connectivity index (χ3v) is 3.81. The van der Waals surface area contributed by atoms with Crippen LogP contribution in [0.1, 0.15) is 23.2 Å². The van der Waals surface area contributed by atoms with Gasteiger partial charge in [-0.05, 0) is 30.7 Å². The van der Waals surface area contributed by atoms with Crippen LogP contribution in [0, 0.1) is 6.92 Å². The van der Waals surface area contributed by atoms with Crippen molar-refractivity contribution < 1.29 is 9.47 Å². The number of aliphatic imine (C=N–C) groups is 1. The van der Waals surface area contributed by atoms with Crippen LogP contribution in [0.4, 0.5) is 0 Å². The largest absolute Gasteiger partial charge is 0.493 e. The molecular weight excluding hydrogens is 328 g/mol. The molecule has 0 fully saturated rings. The van der Waals surface area contributed by atoms with Crippen molar-refractivity contribution >= 4 is 5.96 Å². The number of benzene rings is 1. The van der Waals surface area contributed by atoms with Crippen molar-refractivity contribution in [2.75, 3.05) is 26.9 Å². The molecule has 0 aliphatic rings. The second kappa shape index (κ2) is 11.1. The molecule has 6 nitrogen and oxygen atoms in total. The molecule has 0 radical (unpaired) electrons. The fourth-order valence-corrected chi connectivity index (χ4v) is 2.40. The Hall–Kier alpha value is -2.60. The van der Waals surface area contributed by atoms with Gasteiger partial charge in [0.25, 0.3) is 0 Å². The fraction of sp³-hybridized carbons (Fsp3) is 0.400. The molecule has 1 heterocycles. The maximum atomic E-state index is 5.97. The lowest BCUT2D eigenvalue weighted by molar-refractivity contribution is 0.172. The van der Waals surface area contributed by atoms with Gasteiger partial charge >= 0.3 is 0 Å². The summed E-state index contributed by atoms with van der Waals surface area (Å²) in [7, 11) is 1.69. The van der Waals surface area contributed by atoms with Gasteiger partial charge in [0.2, 0.25) is 0 Å². The van der Waals surface area contributed by atoms with Crippen molar-refractivity contribution in [1.29, 1.82) is 0 Å². The summed E-state index contributed by atoms with van der Waals surface area (Å²) in [5.74, 6) is 1.28. The van der Waals surface area contributed by atoms with E-state index in [2.05, 4.69) is 21.4 Å². The molecule has 0 aliphatic heterocycles. The van der Waals surface area contributed by atoms with Crippen LogP contribution in [0.3, 0.4) is 0 Å². The minimum Gasteiger partial charge on any atom is -0.493 e. The Morgan fingerprint density at radius 1 is 1.23 bits per heavy atom. The third-order valence-electron chi connectivity index (χ3n) is 3.81. The van der Waals surface area contributed by atoms with Crippen LogP contribution in [0.2, 0.25) is 0 Å². The van der Waals surface area contributed by atoms with Crippen LogP contribution in [0.25, 0.3) is 0 Å². The van der Waals surface area contributed by atoms with Crippen molar-refractivity contribution in [3.63, 3.8) is 0 Å². The SMILES string of the molecule is COCCCOc1cc(C)ccc1CN=C(N)NCCc1ccccn1. The van der Waals surface area contributed by atoms with Crippen molar-refractivity contribution in [3.8, 4) is 5.75 Å². The molecule has 0 bridgehead atoms. The molecule has 0 aliphatic carbocycles. The van der Waals surface area contributed by atoms with Gasteiger partial charge in [0, 0.05) is 50.6 Å². The zero-order valence-electron chi connectivity index (χ0n) is 15.6. The average Bonchev–Trinajstić information content (AvgIpc) is 2.65. The maximum Gasteiger partial charge on any atom is 0.188 e. The van der Waals surface area contributed by atoms with Gasteiger partial charge in [0.1, 0.15) is 5.75 Å². The van der Waals surface area contributed by atoms with Gasteiger partial charge in [0.15, 0.2) is 5.96 Å². The van der Waals surface area contributed by atoms with Crippen LogP contribution >= 0.6 is 0 Å². The maximum absolute atomic E-state index is 5.97. The first-order chi connectivity index (χ1) is 12.7. The summed E-state index contributed by atoms with van der Waals surface area (Å²) in [6.45, 7) is 4.52. The van der Waals surface area contributed by atoms with E-state index in [0.717, 1.165) is 35.4 Å². The first-order valence-corrected chi connectivity index (χ1v) is 8.84. The lowest BCUT2D eigenvalue weighted by Crippen LogP contribution is -2.33. The number of aromatic nitrogens is 1. The molecule has 0 spiro atoms. The zero-order chi connectivity index (χ0) is 18.6. The molecule has 1 aromatic carbocycles. The molecule has 1 aromatic heterocycles. The summed E-state index contributed by atoms with van der Waals surface area (Å²) >= 11 is 0. The van der Waals surface area contributed by atoms with Crippen LogP contribution in [0.15, 0.2) is 47.6 Å². The van der Waals surface area contributed by atoms with Gasteiger partial charge < -0.3 is 20.5 Å². The number of hydrogen-bond acceptors (Lipinski definition) is 4. The Morgan fingerprint density at radius 2 is 2.12 bits per heavy atom. The van der Waals surface area contributed by atoms with Gasteiger partial charge in [-0.1, -0.05) is 18.2 Å². The van der Waals surface area contributed by atoms with Crippen molar-refractivity contribution in [2.45, 2.75) is 26.3 Å². The minimum absolute atomic E-state index is 0.423. The molecular formula is C20H28N4O2. The molecule has 0 amide bonds. The second-order valence-electron chi connectivity index (χ2n) is 6.01. The topological polar surface area (TPSA) is 81.8 Å². The highest BCUT2D eigenvalue weighted by atomic mass is 16.5. The van der Waals surface area contributed by atoms with E-state index in [1.807, 2.05) is 37.3 Å². The first-order valence-electron chi connectivity index (χ1n) is 8.84. The Morgan fingerprint density at radius 3 is 2.88 bits per heavy atom. The summed E-state index contributed by atoms with van der Waals surface area (Å²) in [6, 6.07) is 12.0. The Labute approximate surface area is 155 Å². The van der Waals surface area contributed by atoms with E-state index in [1.54, 1.807) is 13.3 Å². The normalized spacial score (nSPS) is 11.4. The van der Waals surface area contributed by atoms with E-state index in [-0.39, 0.29) is 0 Å². The fourth-order valence-electron chi connectivity index (χ4n) is 2.40. The zero-order valence-corrected chi connectivity index (χ0v) is 15.6. The summed E-state index contributed by atoms with van der Waals surface area (Å²) in [6.07, 6.45) is 3.44. The number of methoxy groups -OCH3 is 1. The van der Waals surface area contributed by atoms with Gasteiger partial charge in [-0.2, -0.15) is 0 Å². The van der Waals surface area contributed by atoms with Gasteiger partial charge in [-0.25, -0.2) is 4.99 Å². The second-order valence-corrected chi connectivity index (χ2v) is 6.01. The smallest absolute Gasteiger partial charge is 0.188 e. The van der Waals surface area contributed by atoms with Crippen LogP contribution in [-0.4, -0.2) is 37.8 Å². The third kappa shape index (κ3) is 7.11. The van der Waals surface area contributed by atoms with Gasteiger partial charge in [0.05, 0.1) is 13.2 Å². The van der Waals surface area contributed by atoms with Gasteiger partial charge in [-0.3, -0.25) is 4.98 Å². The number of rotatable bonds is 10. The van der Waals surface area contributed by atoms with Crippen molar-refractivity contribution in [1.82, 2.24) is 10.3 Å². The first kappa shape index (κ1) is 19.7. The Bertz CT molecular complexity index is 689.